The van der Waals surface area contributed by atoms with Crippen molar-refractivity contribution in [2.75, 3.05) is 26.7 Å². The summed E-state index contributed by atoms with van der Waals surface area (Å²) < 4.78 is 26.6. The summed E-state index contributed by atoms with van der Waals surface area (Å²) >= 11 is 5.40. The van der Waals surface area contributed by atoms with Crippen molar-refractivity contribution in [3.63, 3.8) is 0 Å². The van der Waals surface area contributed by atoms with Gasteiger partial charge in [0.05, 0.1) is 6.61 Å². The number of hydrogen-bond acceptors (Lipinski definition) is 4. The zero-order chi connectivity index (χ0) is 10.3. The lowest BCUT2D eigenvalue weighted by Gasteiger charge is -2.28. The van der Waals surface area contributed by atoms with Gasteiger partial charge in [-0.15, -0.1) is 11.6 Å². The molecule has 0 aliphatic carbocycles. The molecule has 0 bridgehead atoms. The molecule has 0 fully saturated rings. The minimum Gasteiger partial charge on any atom is -0.346 e. The fraction of sp³-hybridized carbons (Fsp3) is 1.00. The third-order valence-corrected chi connectivity index (χ3v) is 3.75. The number of halogens is 1. The fourth-order valence-electron chi connectivity index (χ4n) is 0.924. The van der Waals surface area contributed by atoms with Crippen LogP contribution in [0.2, 0.25) is 0 Å². The maximum atomic E-state index is 11.6. The second-order valence-corrected chi connectivity index (χ2v) is 4.34. The van der Waals surface area contributed by atoms with Gasteiger partial charge >= 0.3 is 0 Å². The van der Waals surface area contributed by atoms with Crippen LogP contribution < -0.4 is 0 Å². The molecule has 4 nitrogen and oxygen atoms in total. The minimum atomic E-state index is -2.38. The van der Waals surface area contributed by atoms with E-state index in [4.69, 9.17) is 25.6 Å². The first-order valence-corrected chi connectivity index (χ1v) is 5.85. The topological polar surface area (TPSA) is 44.8 Å². The van der Waals surface area contributed by atoms with Gasteiger partial charge in [-0.3, -0.25) is 4.57 Å². The van der Waals surface area contributed by atoms with Crippen LogP contribution in [0.5, 0.6) is 0 Å². The summed E-state index contributed by atoms with van der Waals surface area (Å²) in [6.07, 6.45) is 0.472. The predicted octanol–water partition coefficient (Wildman–Crippen LogP) is 2.07. The van der Waals surface area contributed by atoms with Gasteiger partial charge < -0.3 is 14.0 Å². The molecule has 0 radical (unpaired) electrons. The highest BCUT2D eigenvalue weighted by Crippen LogP contribution is 2.43. The molecule has 1 atom stereocenters. The van der Waals surface area contributed by atoms with Gasteiger partial charge in [-0.05, 0) is 0 Å². The molecule has 0 aromatic carbocycles. The molecule has 0 spiro atoms. The first-order chi connectivity index (χ1) is 6.16. The average molecular weight is 231 g/mol. The lowest BCUT2D eigenvalue weighted by molar-refractivity contribution is -0.147. The van der Waals surface area contributed by atoms with Crippen LogP contribution >= 0.6 is 19.6 Å². The second-order valence-electron chi connectivity index (χ2n) is 2.34. The van der Waals surface area contributed by atoms with Gasteiger partial charge in [0.2, 0.25) is 13.6 Å². The Labute approximate surface area is 84.4 Å². The normalized spacial score (nSPS) is 14.5. The average Bonchev–Trinajstić information content (AvgIpc) is 2.18. The highest BCUT2D eigenvalue weighted by Gasteiger charge is 2.35. The largest absolute Gasteiger partial charge is 0.346 e. The summed E-state index contributed by atoms with van der Waals surface area (Å²) in [6, 6.07) is 0. The Kier molecular flexibility index (Phi) is 7.00. The molecule has 0 saturated carbocycles. The maximum absolute atomic E-state index is 11.6. The third-order valence-electron chi connectivity index (χ3n) is 1.75. The molecule has 0 aromatic heterocycles. The van der Waals surface area contributed by atoms with Crippen molar-refractivity contribution in [1.82, 2.24) is 0 Å². The van der Waals surface area contributed by atoms with Crippen molar-refractivity contribution < 1.29 is 18.6 Å². The van der Waals surface area contributed by atoms with Crippen LogP contribution in [0.25, 0.3) is 0 Å². The van der Waals surface area contributed by atoms with Crippen molar-refractivity contribution in [2.45, 2.75) is 18.9 Å². The molecule has 0 N–H and O–H groups in total. The van der Waals surface area contributed by atoms with Gasteiger partial charge in [0.1, 0.15) is 0 Å². The van der Waals surface area contributed by atoms with E-state index in [1.807, 2.05) is 6.92 Å². The van der Waals surface area contributed by atoms with Gasteiger partial charge in [-0.2, -0.15) is 0 Å². The Hall–Kier alpha value is 0.400. The van der Waals surface area contributed by atoms with Crippen LogP contribution in [0.1, 0.15) is 13.3 Å². The third kappa shape index (κ3) is 3.56. The molecule has 0 saturated heterocycles. The fourth-order valence-corrected chi connectivity index (χ4v) is 2.26. The number of alkyl halides is 1. The van der Waals surface area contributed by atoms with Crippen LogP contribution in [0.15, 0.2) is 0 Å². The van der Waals surface area contributed by atoms with E-state index in [0.717, 1.165) is 0 Å². The van der Waals surface area contributed by atoms with E-state index >= 15 is 0 Å². The van der Waals surface area contributed by atoms with E-state index in [0.29, 0.717) is 12.3 Å². The standard InChI is InChI=1S/C7H16ClO4P/c1-4-7(10-2,11-3)13(9)12-6-5-8/h13H,4-6H2,1-3H3. The zero-order valence-electron chi connectivity index (χ0n) is 8.13. The molecule has 1 unspecified atom stereocenters. The number of methoxy groups -OCH3 is 2. The second kappa shape index (κ2) is 6.80. The van der Waals surface area contributed by atoms with Crippen molar-refractivity contribution in [1.29, 1.82) is 0 Å². The van der Waals surface area contributed by atoms with Crippen molar-refractivity contribution >= 4 is 19.6 Å². The summed E-state index contributed by atoms with van der Waals surface area (Å²) in [4.78, 5) is 0. The number of rotatable bonds is 7. The van der Waals surface area contributed by atoms with E-state index in [1.54, 1.807) is 0 Å². The van der Waals surface area contributed by atoms with Gasteiger partial charge in [0, 0.05) is 26.5 Å². The highest BCUT2D eigenvalue weighted by molar-refractivity contribution is 7.40. The van der Waals surface area contributed by atoms with Crippen LogP contribution in [0.3, 0.4) is 0 Å². The molecule has 0 heterocycles. The van der Waals surface area contributed by atoms with Gasteiger partial charge in [0.15, 0.2) is 0 Å². The van der Waals surface area contributed by atoms with E-state index in [2.05, 4.69) is 0 Å². The molecular weight excluding hydrogens is 214 g/mol. The highest BCUT2D eigenvalue weighted by atomic mass is 35.5. The summed E-state index contributed by atoms with van der Waals surface area (Å²) in [5.41, 5.74) is -1.10. The van der Waals surface area contributed by atoms with Gasteiger partial charge in [-0.1, -0.05) is 6.92 Å². The molecule has 0 aromatic rings. The van der Waals surface area contributed by atoms with Crippen LogP contribution in [0.4, 0.5) is 0 Å². The molecule has 0 rings (SSSR count). The Morgan fingerprint density at radius 1 is 1.38 bits per heavy atom. The molecule has 80 valence electrons. The molecule has 0 aliphatic rings. The van der Waals surface area contributed by atoms with E-state index < -0.39 is 13.6 Å². The van der Waals surface area contributed by atoms with E-state index in [1.165, 1.54) is 14.2 Å². The SMILES string of the molecule is CCC(OC)(OC)[PH](=O)OCCCl. The quantitative estimate of drug-likeness (QED) is 0.382. The van der Waals surface area contributed by atoms with Gasteiger partial charge in [-0.25, -0.2) is 0 Å². The molecule has 0 amide bonds. The summed E-state index contributed by atoms with van der Waals surface area (Å²) in [5.74, 6) is 0.309. The molecular formula is C7H16ClO4P. The Morgan fingerprint density at radius 3 is 2.23 bits per heavy atom. The molecule has 13 heavy (non-hydrogen) atoms. The van der Waals surface area contributed by atoms with Crippen LogP contribution in [-0.4, -0.2) is 32.2 Å². The van der Waals surface area contributed by atoms with Crippen molar-refractivity contribution in [3.05, 3.63) is 0 Å². The first-order valence-electron chi connectivity index (χ1n) is 4.00. The Morgan fingerprint density at radius 2 is 1.92 bits per heavy atom. The minimum absolute atomic E-state index is 0.244. The van der Waals surface area contributed by atoms with Gasteiger partial charge in [0.25, 0.3) is 0 Å². The lowest BCUT2D eigenvalue weighted by atomic mass is 10.5. The molecule has 0 aliphatic heterocycles. The van der Waals surface area contributed by atoms with Crippen LogP contribution in [0, 0.1) is 0 Å². The Bertz CT molecular complexity index is 152. The summed E-state index contributed by atoms with van der Waals surface area (Å²) in [7, 11) is 0.507. The monoisotopic (exact) mass is 230 g/mol. The van der Waals surface area contributed by atoms with E-state index in [-0.39, 0.29) is 6.61 Å². The lowest BCUT2D eigenvalue weighted by Crippen LogP contribution is -2.29. The predicted molar refractivity (Wildman–Crippen MR) is 52.7 cm³/mol. The zero-order valence-corrected chi connectivity index (χ0v) is 9.89. The van der Waals surface area contributed by atoms with Crippen molar-refractivity contribution in [3.8, 4) is 0 Å². The number of ether oxygens (including phenoxy) is 2. The first kappa shape index (κ1) is 13.4. The maximum Gasteiger partial charge on any atom is 0.249 e. The molecule has 6 heteroatoms. The van der Waals surface area contributed by atoms with Crippen molar-refractivity contribution in [2.24, 2.45) is 0 Å². The van der Waals surface area contributed by atoms with E-state index in [9.17, 15) is 4.57 Å². The smallest absolute Gasteiger partial charge is 0.249 e. The Balaban J connectivity index is 4.26. The number of hydrogen-bond donors (Lipinski definition) is 0. The summed E-state index contributed by atoms with van der Waals surface area (Å²) in [5, 5.41) is 0. The summed E-state index contributed by atoms with van der Waals surface area (Å²) in [6.45, 7) is 2.06. The van der Waals surface area contributed by atoms with Crippen LogP contribution in [-0.2, 0) is 18.6 Å².